The van der Waals surface area contributed by atoms with Crippen LogP contribution in [0.3, 0.4) is 0 Å². The minimum atomic E-state index is -0.376. The summed E-state index contributed by atoms with van der Waals surface area (Å²) in [6, 6.07) is 28.7. The first kappa shape index (κ1) is 22.3. The van der Waals surface area contributed by atoms with Crippen LogP contribution in [0, 0.1) is 13.8 Å². The highest BCUT2D eigenvalue weighted by Crippen LogP contribution is 2.43. The molecule has 0 unspecified atom stereocenters. The molecule has 0 spiro atoms. The van der Waals surface area contributed by atoms with Crippen LogP contribution in [0.5, 0.6) is 0 Å². The van der Waals surface area contributed by atoms with Crippen LogP contribution < -0.4 is 5.46 Å². The molecule has 0 saturated carbocycles. The molecule has 1 fully saturated rings. The van der Waals surface area contributed by atoms with Gasteiger partial charge in [-0.2, -0.15) is 0 Å². The lowest BCUT2D eigenvalue weighted by Gasteiger charge is -2.32. The van der Waals surface area contributed by atoms with Gasteiger partial charge in [0.1, 0.15) is 0 Å². The maximum Gasteiger partial charge on any atom is 0.494 e. The van der Waals surface area contributed by atoms with Gasteiger partial charge < -0.3 is 9.31 Å². The van der Waals surface area contributed by atoms with Crippen molar-refractivity contribution in [3.63, 3.8) is 0 Å². The maximum absolute atomic E-state index is 6.38. The molecule has 0 bridgehead atoms. The lowest BCUT2D eigenvalue weighted by atomic mass is 9.77. The van der Waals surface area contributed by atoms with E-state index in [1.54, 1.807) is 0 Å². The standard InChI is InChI=1S/C32H31BO2/c1-20-11-7-8-12-23(20)29-21(2)15-17-27-25-18-16-22(33-34-31(3,4)32(5,6)35-33)19-28(25)24-13-9-10-14-26(24)30(27)29/h7-19H,1-6H3. The Balaban J connectivity index is 1.67. The number of aryl methyl sites for hydroxylation is 2. The normalized spacial score (nSPS) is 17.0. The zero-order valence-electron chi connectivity index (χ0n) is 21.4. The predicted molar refractivity (Wildman–Crippen MR) is 150 cm³/mol. The van der Waals surface area contributed by atoms with E-state index in [9.17, 15) is 0 Å². The summed E-state index contributed by atoms with van der Waals surface area (Å²) in [4.78, 5) is 0. The topological polar surface area (TPSA) is 18.5 Å². The van der Waals surface area contributed by atoms with Crippen LogP contribution in [-0.2, 0) is 9.31 Å². The lowest BCUT2D eigenvalue weighted by molar-refractivity contribution is 0.00578. The predicted octanol–water partition coefficient (Wildman–Crippen LogP) is 7.73. The summed E-state index contributed by atoms with van der Waals surface area (Å²) < 4.78 is 12.8. The third-order valence-corrected chi connectivity index (χ3v) is 8.17. The number of benzene rings is 5. The van der Waals surface area contributed by atoms with Gasteiger partial charge in [-0.1, -0.05) is 78.9 Å². The molecule has 0 amide bonds. The summed E-state index contributed by atoms with van der Waals surface area (Å²) in [7, 11) is -0.376. The van der Waals surface area contributed by atoms with Crippen LogP contribution >= 0.6 is 0 Å². The fourth-order valence-corrected chi connectivity index (χ4v) is 5.49. The average molecular weight is 458 g/mol. The van der Waals surface area contributed by atoms with Crippen molar-refractivity contribution in [1.82, 2.24) is 0 Å². The van der Waals surface area contributed by atoms with Crippen molar-refractivity contribution in [2.45, 2.75) is 52.7 Å². The Kier molecular flexibility index (Phi) is 4.90. The zero-order valence-corrected chi connectivity index (χ0v) is 21.4. The quantitative estimate of drug-likeness (QED) is 0.199. The molecule has 0 N–H and O–H groups in total. The highest BCUT2D eigenvalue weighted by Gasteiger charge is 2.51. The molecule has 6 rings (SSSR count). The van der Waals surface area contributed by atoms with Crippen LogP contribution in [0.4, 0.5) is 0 Å². The Labute approximate surface area is 208 Å². The number of rotatable bonds is 2. The Morgan fingerprint density at radius 1 is 0.571 bits per heavy atom. The molecule has 0 aromatic heterocycles. The van der Waals surface area contributed by atoms with E-state index in [2.05, 4.69) is 120 Å². The van der Waals surface area contributed by atoms with Crippen molar-refractivity contribution < 1.29 is 9.31 Å². The van der Waals surface area contributed by atoms with Gasteiger partial charge in [-0.3, -0.25) is 0 Å². The summed E-state index contributed by atoms with van der Waals surface area (Å²) in [6.45, 7) is 12.8. The highest BCUT2D eigenvalue weighted by molar-refractivity contribution is 6.62. The average Bonchev–Trinajstić information content (AvgIpc) is 3.06. The second kappa shape index (κ2) is 7.68. The van der Waals surface area contributed by atoms with E-state index in [-0.39, 0.29) is 18.3 Å². The fourth-order valence-electron chi connectivity index (χ4n) is 5.49. The van der Waals surface area contributed by atoms with E-state index in [4.69, 9.17) is 9.31 Å². The van der Waals surface area contributed by atoms with E-state index < -0.39 is 0 Å². The molecule has 2 nitrogen and oxygen atoms in total. The first-order chi connectivity index (χ1) is 16.7. The van der Waals surface area contributed by atoms with Gasteiger partial charge in [-0.25, -0.2) is 0 Å². The van der Waals surface area contributed by atoms with Crippen molar-refractivity contribution in [3.8, 4) is 11.1 Å². The summed E-state index contributed by atoms with van der Waals surface area (Å²) >= 11 is 0. The number of hydrogen-bond acceptors (Lipinski definition) is 2. The van der Waals surface area contributed by atoms with Crippen LogP contribution in [0.2, 0.25) is 0 Å². The molecule has 174 valence electrons. The first-order valence-corrected chi connectivity index (χ1v) is 12.5. The van der Waals surface area contributed by atoms with Gasteiger partial charge >= 0.3 is 7.12 Å². The van der Waals surface area contributed by atoms with E-state index >= 15 is 0 Å². The Bertz CT molecular complexity index is 1590. The van der Waals surface area contributed by atoms with Gasteiger partial charge in [0.25, 0.3) is 0 Å². The van der Waals surface area contributed by atoms with Crippen molar-refractivity contribution in [1.29, 1.82) is 0 Å². The van der Waals surface area contributed by atoms with Crippen LogP contribution in [-0.4, -0.2) is 18.3 Å². The number of fused-ring (bicyclic) bond motifs is 6. The maximum atomic E-state index is 6.38. The third-order valence-electron chi connectivity index (χ3n) is 8.17. The molecule has 0 radical (unpaired) electrons. The molecule has 1 aliphatic heterocycles. The molecule has 1 saturated heterocycles. The summed E-state index contributed by atoms with van der Waals surface area (Å²) in [5.74, 6) is 0. The monoisotopic (exact) mass is 458 g/mol. The van der Waals surface area contributed by atoms with E-state index in [0.717, 1.165) is 5.46 Å². The Hall–Kier alpha value is -3.14. The third kappa shape index (κ3) is 3.33. The highest BCUT2D eigenvalue weighted by atomic mass is 16.7. The fraction of sp³-hybridized carbons (Fsp3) is 0.250. The Morgan fingerprint density at radius 2 is 1.14 bits per heavy atom. The SMILES string of the molecule is Cc1ccccc1-c1c(C)ccc2c3ccc(B4OC(C)(C)C(C)(C)O4)cc3c3ccccc3c12. The number of hydrogen-bond donors (Lipinski definition) is 0. The van der Waals surface area contributed by atoms with Crippen molar-refractivity contribution >= 4 is 44.9 Å². The summed E-state index contributed by atoms with van der Waals surface area (Å²) in [5, 5.41) is 7.64. The van der Waals surface area contributed by atoms with Gasteiger partial charge in [0.05, 0.1) is 11.2 Å². The molecule has 35 heavy (non-hydrogen) atoms. The molecule has 5 aromatic rings. The van der Waals surface area contributed by atoms with Crippen molar-refractivity contribution in [2.75, 3.05) is 0 Å². The lowest BCUT2D eigenvalue weighted by Crippen LogP contribution is -2.41. The summed E-state index contributed by atoms with van der Waals surface area (Å²) in [6.07, 6.45) is 0. The molecular formula is C32H31BO2. The minimum absolute atomic E-state index is 0.363. The van der Waals surface area contributed by atoms with Gasteiger partial charge in [-0.05, 0) is 102 Å². The van der Waals surface area contributed by atoms with Crippen LogP contribution in [0.25, 0.3) is 43.4 Å². The van der Waals surface area contributed by atoms with Gasteiger partial charge in [0.2, 0.25) is 0 Å². The van der Waals surface area contributed by atoms with Crippen LogP contribution in [0.1, 0.15) is 38.8 Å². The van der Waals surface area contributed by atoms with E-state index in [1.807, 2.05) is 0 Å². The van der Waals surface area contributed by atoms with E-state index in [0.29, 0.717) is 0 Å². The molecule has 1 aliphatic rings. The first-order valence-electron chi connectivity index (χ1n) is 12.5. The van der Waals surface area contributed by atoms with Crippen molar-refractivity contribution in [3.05, 3.63) is 90.0 Å². The van der Waals surface area contributed by atoms with Gasteiger partial charge in [0.15, 0.2) is 0 Å². The van der Waals surface area contributed by atoms with Crippen LogP contribution in [0.15, 0.2) is 78.9 Å². The van der Waals surface area contributed by atoms with E-state index in [1.165, 1.54) is 54.6 Å². The zero-order chi connectivity index (χ0) is 24.5. The van der Waals surface area contributed by atoms with Gasteiger partial charge in [-0.15, -0.1) is 0 Å². The molecule has 5 aromatic carbocycles. The molecule has 1 heterocycles. The largest absolute Gasteiger partial charge is 0.494 e. The minimum Gasteiger partial charge on any atom is -0.399 e. The molecular weight excluding hydrogens is 427 g/mol. The summed E-state index contributed by atoms with van der Waals surface area (Å²) in [5.41, 5.74) is 5.55. The Morgan fingerprint density at radius 3 is 1.86 bits per heavy atom. The second-order valence-corrected chi connectivity index (χ2v) is 10.9. The molecule has 0 atom stereocenters. The van der Waals surface area contributed by atoms with Gasteiger partial charge in [0, 0.05) is 0 Å². The van der Waals surface area contributed by atoms with Crippen molar-refractivity contribution in [2.24, 2.45) is 0 Å². The second-order valence-electron chi connectivity index (χ2n) is 10.9. The smallest absolute Gasteiger partial charge is 0.399 e. The molecule has 0 aliphatic carbocycles. The molecule has 3 heteroatoms.